The summed E-state index contributed by atoms with van der Waals surface area (Å²) in [6, 6.07) is 20.8. The van der Waals surface area contributed by atoms with Crippen LogP contribution in [0.25, 0.3) is 0 Å². The van der Waals surface area contributed by atoms with Crippen molar-refractivity contribution in [3.05, 3.63) is 104 Å². The molecule has 2 aliphatic heterocycles. The molecule has 0 saturated carbocycles. The molecule has 1 saturated heterocycles. The van der Waals surface area contributed by atoms with Gasteiger partial charge in [0, 0.05) is 32.3 Å². The lowest BCUT2D eigenvalue weighted by atomic mass is 9.78. The van der Waals surface area contributed by atoms with Crippen molar-refractivity contribution in [1.29, 1.82) is 0 Å². The number of nitrogens with one attached hydrogen (secondary N) is 2. The van der Waals surface area contributed by atoms with E-state index in [-0.39, 0.29) is 11.0 Å². The van der Waals surface area contributed by atoms with E-state index in [2.05, 4.69) is 26.6 Å². The van der Waals surface area contributed by atoms with Gasteiger partial charge in [0.25, 0.3) is 11.9 Å². The molecule has 0 aromatic heterocycles. The highest BCUT2D eigenvalue weighted by molar-refractivity contribution is 9.10. The largest absolute Gasteiger partial charge is 0.489 e. The van der Waals surface area contributed by atoms with Crippen LogP contribution in [0.2, 0.25) is 0 Å². The maximum atomic E-state index is 13.2. The molecule has 5 rings (SSSR count). The molecule has 2 aliphatic rings. The summed E-state index contributed by atoms with van der Waals surface area (Å²) in [5.74, 6) is -0.388. The van der Waals surface area contributed by atoms with Crippen LogP contribution in [-0.2, 0) is 16.9 Å². The molecule has 1 amide bonds. The summed E-state index contributed by atoms with van der Waals surface area (Å²) >= 11 is 3.43. The molecule has 8 heteroatoms. The second-order valence-corrected chi connectivity index (χ2v) is 9.37. The van der Waals surface area contributed by atoms with Crippen molar-refractivity contribution in [3.63, 3.8) is 0 Å². The average molecular weight is 508 g/mol. The van der Waals surface area contributed by atoms with Crippen LogP contribution in [-0.4, -0.2) is 22.9 Å². The first-order valence-corrected chi connectivity index (χ1v) is 11.5. The highest BCUT2D eigenvalue weighted by Crippen LogP contribution is 2.50. The number of para-hydroxylation sites is 2. The molecular formula is C25H22BrN3O4. The molecular weight excluding hydrogens is 486 g/mol. The topological polar surface area (TPSA) is 93.5 Å². The van der Waals surface area contributed by atoms with E-state index in [1.54, 1.807) is 24.3 Å². The van der Waals surface area contributed by atoms with Gasteiger partial charge in [-0.05, 0) is 36.8 Å². The van der Waals surface area contributed by atoms with Gasteiger partial charge in [-0.2, -0.15) is 0 Å². The molecule has 0 unspecified atom stereocenters. The van der Waals surface area contributed by atoms with E-state index in [9.17, 15) is 14.9 Å². The first kappa shape index (κ1) is 21.6. The SMILES string of the molecule is C[C@@H]1N[C@]2(C(=O)Nc3ccccc32)[C@@H]([N+](=O)[O-])[C@@H]1c1ccccc1OCc1ccc(Br)cc1. The number of hydrogen-bond donors (Lipinski definition) is 2. The number of nitro groups is 1. The fraction of sp³-hybridized carbons (Fsp3) is 0.240. The van der Waals surface area contributed by atoms with Gasteiger partial charge in [-0.25, -0.2) is 0 Å². The molecule has 0 radical (unpaired) electrons. The molecule has 2 heterocycles. The molecule has 7 nitrogen and oxygen atoms in total. The van der Waals surface area contributed by atoms with Crippen LogP contribution in [0.1, 0.15) is 29.5 Å². The monoisotopic (exact) mass is 507 g/mol. The third-order valence-corrected chi connectivity index (χ3v) is 7.08. The van der Waals surface area contributed by atoms with E-state index in [1.165, 1.54) is 0 Å². The zero-order chi connectivity index (χ0) is 23.2. The van der Waals surface area contributed by atoms with Crippen molar-refractivity contribution in [2.75, 3.05) is 5.32 Å². The Hall–Kier alpha value is -3.23. The van der Waals surface area contributed by atoms with Gasteiger partial charge in [0.2, 0.25) is 0 Å². The van der Waals surface area contributed by atoms with E-state index in [0.29, 0.717) is 29.2 Å². The fourth-order valence-corrected chi connectivity index (χ4v) is 5.42. The number of benzene rings is 3. The van der Waals surface area contributed by atoms with Crippen molar-refractivity contribution in [2.45, 2.75) is 37.1 Å². The minimum Gasteiger partial charge on any atom is -0.489 e. The third-order valence-electron chi connectivity index (χ3n) is 6.55. The first-order chi connectivity index (χ1) is 15.9. The van der Waals surface area contributed by atoms with Gasteiger partial charge in [-0.15, -0.1) is 0 Å². The number of fused-ring (bicyclic) bond motifs is 2. The van der Waals surface area contributed by atoms with E-state index >= 15 is 0 Å². The smallest absolute Gasteiger partial charge is 0.256 e. The highest BCUT2D eigenvalue weighted by atomic mass is 79.9. The predicted octanol–water partition coefficient (Wildman–Crippen LogP) is 4.60. The van der Waals surface area contributed by atoms with Gasteiger partial charge in [0.05, 0.1) is 5.92 Å². The van der Waals surface area contributed by atoms with E-state index in [4.69, 9.17) is 4.74 Å². The lowest BCUT2D eigenvalue weighted by Crippen LogP contribution is -2.54. The van der Waals surface area contributed by atoms with Crippen LogP contribution in [0.15, 0.2) is 77.3 Å². The lowest BCUT2D eigenvalue weighted by Gasteiger charge is -2.26. The summed E-state index contributed by atoms with van der Waals surface area (Å²) in [5, 5.41) is 18.7. The quantitative estimate of drug-likeness (QED) is 0.388. The van der Waals surface area contributed by atoms with Crippen molar-refractivity contribution < 1.29 is 14.5 Å². The number of anilines is 1. The maximum absolute atomic E-state index is 13.2. The number of nitrogens with zero attached hydrogens (tertiary/aromatic N) is 1. The van der Waals surface area contributed by atoms with Crippen LogP contribution in [0.5, 0.6) is 5.75 Å². The zero-order valence-electron chi connectivity index (χ0n) is 17.8. The Morgan fingerprint density at radius 2 is 1.76 bits per heavy atom. The Balaban J connectivity index is 1.54. The summed E-state index contributed by atoms with van der Waals surface area (Å²) in [6.07, 6.45) is 0. The van der Waals surface area contributed by atoms with Crippen LogP contribution in [0.4, 0.5) is 5.69 Å². The molecule has 3 aromatic rings. The molecule has 1 spiro atoms. The summed E-state index contributed by atoms with van der Waals surface area (Å²) in [7, 11) is 0. The first-order valence-electron chi connectivity index (χ1n) is 10.7. The molecule has 0 aliphatic carbocycles. The van der Waals surface area contributed by atoms with Crippen molar-refractivity contribution in [1.82, 2.24) is 5.32 Å². The highest BCUT2D eigenvalue weighted by Gasteiger charge is 2.67. The van der Waals surface area contributed by atoms with Crippen LogP contribution in [0, 0.1) is 10.1 Å². The normalized spacial score (nSPS) is 25.6. The minimum atomic E-state index is -1.44. The molecule has 1 fully saturated rings. The number of carbonyl (C=O) groups excluding carboxylic acids is 1. The second-order valence-electron chi connectivity index (χ2n) is 8.45. The van der Waals surface area contributed by atoms with E-state index < -0.39 is 23.4 Å². The molecule has 33 heavy (non-hydrogen) atoms. The van der Waals surface area contributed by atoms with Gasteiger partial charge in [-0.3, -0.25) is 20.2 Å². The van der Waals surface area contributed by atoms with Gasteiger partial charge in [0.15, 0.2) is 5.54 Å². The second kappa shape index (κ2) is 8.28. The number of hydrogen-bond acceptors (Lipinski definition) is 5. The number of rotatable bonds is 5. The number of halogens is 1. The van der Waals surface area contributed by atoms with Gasteiger partial charge < -0.3 is 10.1 Å². The summed E-state index contributed by atoms with van der Waals surface area (Å²) < 4.78 is 7.11. The third kappa shape index (κ3) is 3.50. The Morgan fingerprint density at radius 1 is 1.06 bits per heavy atom. The zero-order valence-corrected chi connectivity index (χ0v) is 19.4. The van der Waals surface area contributed by atoms with Gasteiger partial charge >= 0.3 is 0 Å². The van der Waals surface area contributed by atoms with Crippen LogP contribution < -0.4 is 15.4 Å². The Labute approximate surface area is 199 Å². The van der Waals surface area contributed by atoms with Crippen molar-refractivity contribution in [3.8, 4) is 5.75 Å². The summed E-state index contributed by atoms with van der Waals surface area (Å²) in [6.45, 7) is 2.21. The Kier molecular flexibility index (Phi) is 5.42. The van der Waals surface area contributed by atoms with Crippen LogP contribution in [0.3, 0.4) is 0 Å². The Bertz CT molecular complexity index is 1230. The fourth-order valence-electron chi connectivity index (χ4n) is 5.15. The average Bonchev–Trinajstić information content (AvgIpc) is 3.27. The minimum absolute atomic E-state index is 0.325. The lowest BCUT2D eigenvalue weighted by molar-refractivity contribution is -0.532. The number of carbonyl (C=O) groups is 1. The standard InChI is InChI=1S/C25H22BrN3O4/c1-15-22(18-6-2-5-9-21(18)33-14-16-10-12-17(26)13-11-16)23(29(31)32)25(28-15)19-7-3-4-8-20(19)27-24(25)30/h2-13,15,22-23,28H,14H2,1H3,(H,27,30)/t15-,22-,23-,25-/m0/s1. The Morgan fingerprint density at radius 3 is 2.52 bits per heavy atom. The van der Waals surface area contributed by atoms with E-state index in [1.807, 2.05) is 55.5 Å². The van der Waals surface area contributed by atoms with Crippen LogP contribution >= 0.6 is 15.9 Å². The van der Waals surface area contributed by atoms with Gasteiger partial charge in [-0.1, -0.05) is 64.5 Å². The van der Waals surface area contributed by atoms with Crippen molar-refractivity contribution >= 4 is 27.5 Å². The number of amides is 1. The summed E-state index contributed by atoms with van der Waals surface area (Å²) in [4.78, 5) is 25.4. The van der Waals surface area contributed by atoms with Gasteiger partial charge in [0.1, 0.15) is 12.4 Å². The predicted molar refractivity (Wildman–Crippen MR) is 128 cm³/mol. The number of ether oxygens (including phenoxy) is 1. The molecule has 3 aromatic carbocycles. The maximum Gasteiger partial charge on any atom is 0.256 e. The molecule has 0 bridgehead atoms. The molecule has 168 valence electrons. The molecule has 4 atom stereocenters. The van der Waals surface area contributed by atoms with Crippen molar-refractivity contribution in [2.24, 2.45) is 0 Å². The molecule has 2 N–H and O–H groups in total. The summed E-state index contributed by atoms with van der Waals surface area (Å²) in [5.41, 5.74) is 1.47. The van der Waals surface area contributed by atoms with E-state index in [0.717, 1.165) is 10.0 Å².